The molecule has 2 rings (SSSR count). The van der Waals surface area contributed by atoms with Crippen molar-refractivity contribution in [2.75, 3.05) is 13.2 Å². The molecular formula is C17H21Cl2NO4. The van der Waals surface area contributed by atoms with Crippen molar-refractivity contribution in [2.45, 2.75) is 38.6 Å². The van der Waals surface area contributed by atoms with Gasteiger partial charge in [-0.25, -0.2) is 4.79 Å². The smallest absolute Gasteiger partial charge is 0.344 e. The van der Waals surface area contributed by atoms with Crippen LogP contribution in [0.5, 0.6) is 5.75 Å². The van der Waals surface area contributed by atoms with Crippen molar-refractivity contribution >= 4 is 35.1 Å². The summed E-state index contributed by atoms with van der Waals surface area (Å²) in [6.07, 6.45) is 4.17. The summed E-state index contributed by atoms with van der Waals surface area (Å²) in [5.41, 5.74) is 0. The Bertz CT molecular complexity index is 586. The molecule has 1 saturated carbocycles. The number of esters is 1. The second kappa shape index (κ2) is 9.14. The van der Waals surface area contributed by atoms with Crippen molar-refractivity contribution in [1.82, 2.24) is 5.32 Å². The van der Waals surface area contributed by atoms with Crippen LogP contribution in [0.1, 0.15) is 32.6 Å². The molecule has 1 aliphatic rings. The van der Waals surface area contributed by atoms with E-state index in [1.54, 1.807) is 12.1 Å². The highest BCUT2D eigenvalue weighted by molar-refractivity contribution is 6.35. The van der Waals surface area contributed by atoms with E-state index in [1.807, 2.05) is 0 Å². The monoisotopic (exact) mass is 373 g/mol. The van der Waals surface area contributed by atoms with Crippen LogP contribution in [0, 0.1) is 5.92 Å². The third-order valence-corrected chi connectivity index (χ3v) is 4.52. The summed E-state index contributed by atoms with van der Waals surface area (Å²) in [4.78, 5) is 23.4. The van der Waals surface area contributed by atoms with Crippen molar-refractivity contribution in [1.29, 1.82) is 0 Å². The lowest BCUT2D eigenvalue weighted by Crippen LogP contribution is -2.39. The fourth-order valence-electron chi connectivity index (χ4n) is 2.59. The van der Waals surface area contributed by atoms with Crippen molar-refractivity contribution in [2.24, 2.45) is 5.92 Å². The van der Waals surface area contributed by atoms with Gasteiger partial charge in [0, 0.05) is 11.1 Å². The van der Waals surface area contributed by atoms with E-state index in [-0.39, 0.29) is 25.2 Å². The molecule has 1 aromatic carbocycles. The van der Waals surface area contributed by atoms with Gasteiger partial charge in [0.15, 0.2) is 13.2 Å². The van der Waals surface area contributed by atoms with Gasteiger partial charge >= 0.3 is 5.97 Å². The van der Waals surface area contributed by atoms with Crippen LogP contribution in [-0.4, -0.2) is 31.1 Å². The van der Waals surface area contributed by atoms with Crippen molar-refractivity contribution in [3.63, 3.8) is 0 Å². The summed E-state index contributed by atoms with van der Waals surface area (Å²) in [7, 11) is 0. The van der Waals surface area contributed by atoms with Crippen LogP contribution in [0.3, 0.4) is 0 Å². The second-order valence-corrected chi connectivity index (χ2v) is 6.89. The SMILES string of the molecule is CC1CCC(NC(=O)COC(=O)COc2ccc(Cl)cc2Cl)CC1. The van der Waals surface area contributed by atoms with E-state index in [2.05, 4.69) is 12.2 Å². The third-order valence-electron chi connectivity index (χ3n) is 3.98. The van der Waals surface area contributed by atoms with Crippen molar-refractivity contribution < 1.29 is 19.1 Å². The molecule has 1 aliphatic carbocycles. The summed E-state index contributed by atoms with van der Waals surface area (Å²) in [6.45, 7) is 1.59. The average molecular weight is 374 g/mol. The number of hydrogen-bond donors (Lipinski definition) is 1. The molecule has 0 bridgehead atoms. The number of carbonyl (C=O) groups excluding carboxylic acids is 2. The first-order chi connectivity index (χ1) is 11.4. The van der Waals surface area contributed by atoms with E-state index >= 15 is 0 Å². The standard InChI is InChI=1S/C17H21Cl2NO4/c1-11-2-5-13(6-3-11)20-16(21)9-24-17(22)10-23-15-7-4-12(18)8-14(15)19/h4,7-8,11,13H,2-3,5-6,9-10H2,1H3,(H,20,21). The predicted octanol–water partition coefficient (Wildman–Crippen LogP) is 3.61. The number of amides is 1. The topological polar surface area (TPSA) is 64.6 Å². The summed E-state index contributed by atoms with van der Waals surface area (Å²) < 4.78 is 10.2. The van der Waals surface area contributed by atoms with Gasteiger partial charge in [0.2, 0.25) is 0 Å². The summed E-state index contributed by atoms with van der Waals surface area (Å²) in [6, 6.07) is 4.86. The molecule has 0 unspecified atom stereocenters. The lowest BCUT2D eigenvalue weighted by atomic mass is 9.87. The molecule has 1 amide bonds. The zero-order chi connectivity index (χ0) is 17.5. The molecule has 0 saturated heterocycles. The van der Waals surface area contributed by atoms with Crippen LogP contribution in [0.2, 0.25) is 10.0 Å². The van der Waals surface area contributed by atoms with Crippen LogP contribution in [0.25, 0.3) is 0 Å². The molecule has 0 aliphatic heterocycles. The van der Waals surface area contributed by atoms with Gasteiger partial charge in [0.1, 0.15) is 5.75 Å². The average Bonchev–Trinajstić information content (AvgIpc) is 2.54. The summed E-state index contributed by atoms with van der Waals surface area (Å²) in [5.74, 6) is 0.132. The van der Waals surface area contributed by atoms with E-state index in [0.29, 0.717) is 21.7 Å². The van der Waals surface area contributed by atoms with Gasteiger partial charge in [-0.15, -0.1) is 0 Å². The third kappa shape index (κ3) is 6.21. The van der Waals surface area contributed by atoms with Crippen LogP contribution in [-0.2, 0) is 14.3 Å². The first-order valence-corrected chi connectivity index (χ1v) is 8.72. The zero-order valence-electron chi connectivity index (χ0n) is 13.5. The zero-order valence-corrected chi connectivity index (χ0v) is 15.0. The lowest BCUT2D eigenvalue weighted by Gasteiger charge is -2.26. The van der Waals surface area contributed by atoms with Crippen molar-refractivity contribution in [3.8, 4) is 5.75 Å². The molecular weight excluding hydrogens is 353 g/mol. The molecule has 1 fully saturated rings. The quantitative estimate of drug-likeness (QED) is 0.773. The number of hydrogen-bond acceptors (Lipinski definition) is 4. The van der Waals surface area contributed by atoms with Gasteiger partial charge in [-0.05, 0) is 49.8 Å². The fourth-order valence-corrected chi connectivity index (χ4v) is 3.05. The Labute approximate surface area is 151 Å². The highest BCUT2D eigenvalue weighted by atomic mass is 35.5. The highest BCUT2D eigenvalue weighted by Gasteiger charge is 2.20. The lowest BCUT2D eigenvalue weighted by molar-refractivity contribution is -0.150. The molecule has 0 heterocycles. The molecule has 132 valence electrons. The minimum absolute atomic E-state index is 0.177. The van der Waals surface area contributed by atoms with Crippen LogP contribution in [0.4, 0.5) is 0 Å². The maximum absolute atomic E-state index is 11.8. The minimum atomic E-state index is -0.631. The number of rotatable bonds is 6. The Kier molecular flexibility index (Phi) is 7.18. The molecule has 1 aromatic rings. The summed E-state index contributed by atoms with van der Waals surface area (Å²) >= 11 is 11.7. The van der Waals surface area contributed by atoms with E-state index in [9.17, 15) is 9.59 Å². The number of halogens is 2. The van der Waals surface area contributed by atoms with Gasteiger partial charge in [-0.1, -0.05) is 30.1 Å². The second-order valence-electron chi connectivity index (χ2n) is 6.05. The molecule has 1 N–H and O–H groups in total. The Morgan fingerprint density at radius 1 is 1.17 bits per heavy atom. The Hall–Kier alpha value is -1.46. The fraction of sp³-hybridized carbons (Fsp3) is 0.529. The first-order valence-electron chi connectivity index (χ1n) is 7.97. The molecule has 0 atom stereocenters. The van der Waals surface area contributed by atoms with Gasteiger partial charge in [0.25, 0.3) is 5.91 Å². The van der Waals surface area contributed by atoms with Crippen LogP contribution in [0.15, 0.2) is 18.2 Å². The highest BCUT2D eigenvalue weighted by Crippen LogP contribution is 2.27. The maximum Gasteiger partial charge on any atom is 0.344 e. The number of benzene rings is 1. The molecule has 0 spiro atoms. The number of ether oxygens (including phenoxy) is 2. The normalized spacial score (nSPS) is 20.3. The van der Waals surface area contributed by atoms with E-state index < -0.39 is 5.97 Å². The number of carbonyl (C=O) groups is 2. The number of nitrogens with one attached hydrogen (secondary N) is 1. The molecule has 7 heteroatoms. The van der Waals surface area contributed by atoms with Crippen LogP contribution < -0.4 is 10.1 Å². The molecule has 24 heavy (non-hydrogen) atoms. The molecule has 0 aromatic heterocycles. The Morgan fingerprint density at radius 3 is 2.54 bits per heavy atom. The Morgan fingerprint density at radius 2 is 1.88 bits per heavy atom. The van der Waals surface area contributed by atoms with Gasteiger partial charge in [0.05, 0.1) is 5.02 Å². The molecule has 0 radical (unpaired) electrons. The van der Waals surface area contributed by atoms with E-state index in [1.165, 1.54) is 6.07 Å². The van der Waals surface area contributed by atoms with Gasteiger partial charge < -0.3 is 14.8 Å². The maximum atomic E-state index is 11.8. The van der Waals surface area contributed by atoms with Crippen LogP contribution >= 0.6 is 23.2 Å². The summed E-state index contributed by atoms with van der Waals surface area (Å²) in [5, 5.41) is 3.67. The van der Waals surface area contributed by atoms with E-state index in [4.69, 9.17) is 32.7 Å². The van der Waals surface area contributed by atoms with Gasteiger partial charge in [-0.3, -0.25) is 4.79 Å². The van der Waals surface area contributed by atoms with Crippen molar-refractivity contribution in [3.05, 3.63) is 28.2 Å². The Balaban J connectivity index is 1.66. The largest absolute Gasteiger partial charge is 0.480 e. The predicted molar refractivity (Wildman–Crippen MR) is 92.5 cm³/mol. The van der Waals surface area contributed by atoms with Gasteiger partial charge in [-0.2, -0.15) is 0 Å². The first kappa shape index (κ1) is 18.9. The van der Waals surface area contributed by atoms with E-state index in [0.717, 1.165) is 25.7 Å². The molecule has 5 nitrogen and oxygen atoms in total. The minimum Gasteiger partial charge on any atom is -0.480 e.